The van der Waals surface area contributed by atoms with E-state index in [0.717, 1.165) is 37.1 Å². The van der Waals surface area contributed by atoms with Crippen LogP contribution in [0.5, 0.6) is 5.75 Å². The van der Waals surface area contributed by atoms with Crippen LogP contribution < -0.4 is 4.74 Å². The summed E-state index contributed by atoms with van der Waals surface area (Å²) in [6.07, 6.45) is 2.68. The summed E-state index contributed by atoms with van der Waals surface area (Å²) < 4.78 is 5.82. The molecule has 1 aliphatic rings. The number of hydrogen-bond donors (Lipinski definition) is 1. The molecule has 0 heterocycles. The van der Waals surface area contributed by atoms with E-state index >= 15 is 0 Å². The lowest BCUT2D eigenvalue weighted by atomic mass is 10.2. The van der Waals surface area contributed by atoms with E-state index in [1.807, 2.05) is 24.3 Å². The van der Waals surface area contributed by atoms with Gasteiger partial charge in [-0.3, -0.25) is 4.90 Å². The minimum Gasteiger partial charge on any atom is -0.492 e. The second-order valence-electron chi connectivity index (χ2n) is 5.95. The van der Waals surface area contributed by atoms with Crippen LogP contribution in [0.3, 0.4) is 0 Å². The number of benzene rings is 1. The molecule has 1 aromatic carbocycles. The second kappa shape index (κ2) is 8.07. The van der Waals surface area contributed by atoms with Gasteiger partial charge in [0.15, 0.2) is 0 Å². The summed E-state index contributed by atoms with van der Waals surface area (Å²) in [5, 5.41) is 8.66. The van der Waals surface area contributed by atoms with Gasteiger partial charge in [0.25, 0.3) is 0 Å². The van der Waals surface area contributed by atoms with Crippen molar-refractivity contribution in [3.05, 3.63) is 29.8 Å². The molecule has 3 heteroatoms. The van der Waals surface area contributed by atoms with Crippen LogP contribution in [0, 0.1) is 17.8 Å². The van der Waals surface area contributed by atoms with Crippen molar-refractivity contribution >= 4 is 0 Å². The van der Waals surface area contributed by atoms with Crippen LogP contribution in [0.4, 0.5) is 0 Å². The van der Waals surface area contributed by atoms with E-state index in [9.17, 15) is 0 Å². The third-order valence-electron chi connectivity index (χ3n) is 3.48. The average Bonchev–Trinajstić information content (AvgIpc) is 3.29. The minimum absolute atomic E-state index is 0.106. The van der Waals surface area contributed by atoms with Gasteiger partial charge < -0.3 is 9.84 Å². The van der Waals surface area contributed by atoms with Gasteiger partial charge in [0, 0.05) is 24.7 Å². The molecule has 1 fully saturated rings. The first-order valence-corrected chi connectivity index (χ1v) is 7.75. The number of rotatable bonds is 7. The summed E-state index contributed by atoms with van der Waals surface area (Å²) >= 11 is 0. The van der Waals surface area contributed by atoms with Gasteiger partial charge in [-0.25, -0.2) is 0 Å². The van der Waals surface area contributed by atoms with Crippen LogP contribution in [-0.4, -0.2) is 42.4 Å². The van der Waals surface area contributed by atoms with Gasteiger partial charge in [-0.05, 0) is 43.0 Å². The van der Waals surface area contributed by atoms with Crippen molar-refractivity contribution in [3.8, 4) is 17.6 Å². The first-order chi connectivity index (χ1) is 10.2. The zero-order valence-corrected chi connectivity index (χ0v) is 13.0. The van der Waals surface area contributed by atoms with Crippen molar-refractivity contribution in [2.24, 2.45) is 5.92 Å². The highest BCUT2D eigenvalue weighted by Crippen LogP contribution is 2.27. The molecule has 1 aromatic rings. The first kappa shape index (κ1) is 15.9. The van der Waals surface area contributed by atoms with Gasteiger partial charge in [0.1, 0.15) is 19.0 Å². The Kier molecular flexibility index (Phi) is 6.10. The monoisotopic (exact) mass is 287 g/mol. The van der Waals surface area contributed by atoms with Crippen molar-refractivity contribution in [1.29, 1.82) is 0 Å². The Bertz CT molecular complexity index is 480. The molecule has 0 spiro atoms. The summed E-state index contributed by atoms with van der Waals surface area (Å²) in [5.41, 5.74) is 0.899. The molecule has 21 heavy (non-hydrogen) atoms. The maximum atomic E-state index is 8.66. The van der Waals surface area contributed by atoms with Gasteiger partial charge in [-0.2, -0.15) is 0 Å². The number of aliphatic hydroxyl groups is 1. The average molecular weight is 287 g/mol. The topological polar surface area (TPSA) is 32.7 Å². The summed E-state index contributed by atoms with van der Waals surface area (Å²) in [7, 11) is 0. The molecule has 0 bridgehead atoms. The molecule has 0 unspecified atom stereocenters. The lowest BCUT2D eigenvalue weighted by Crippen LogP contribution is -2.33. The third-order valence-corrected chi connectivity index (χ3v) is 3.48. The zero-order chi connectivity index (χ0) is 15.1. The number of nitrogens with zero attached hydrogens (tertiary/aromatic N) is 1. The predicted molar refractivity (Wildman–Crippen MR) is 85.3 cm³/mol. The Morgan fingerprint density at radius 1 is 1.29 bits per heavy atom. The van der Waals surface area contributed by atoms with Gasteiger partial charge in [-0.15, -0.1) is 0 Å². The fourth-order valence-corrected chi connectivity index (χ4v) is 2.39. The molecule has 0 saturated heterocycles. The molecule has 0 radical (unpaired) electrons. The van der Waals surface area contributed by atoms with Crippen LogP contribution in [-0.2, 0) is 0 Å². The quantitative estimate of drug-likeness (QED) is 0.782. The largest absolute Gasteiger partial charge is 0.492 e. The number of hydrogen-bond acceptors (Lipinski definition) is 3. The summed E-state index contributed by atoms with van der Waals surface area (Å²) in [5.74, 6) is 7.10. The molecule has 0 amide bonds. The lowest BCUT2D eigenvalue weighted by molar-refractivity contribution is 0.185. The highest BCUT2D eigenvalue weighted by Gasteiger charge is 2.28. The second-order valence-corrected chi connectivity index (χ2v) is 5.95. The maximum Gasteiger partial charge on any atom is 0.119 e. The Morgan fingerprint density at radius 3 is 2.57 bits per heavy atom. The smallest absolute Gasteiger partial charge is 0.119 e. The molecule has 1 saturated carbocycles. The maximum absolute atomic E-state index is 8.66. The Hall–Kier alpha value is -1.50. The van der Waals surface area contributed by atoms with E-state index in [0.29, 0.717) is 5.92 Å². The Morgan fingerprint density at radius 2 is 2.00 bits per heavy atom. The van der Waals surface area contributed by atoms with Crippen molar-refractivity contribution in [3.63, 3.8) is 0 Å². The molecule has 0 aromatic heterocycles. The fourth-order valence-electron chi connectivity index (χ4n) is 2.39. The Balaban J connectivity index is 1.76. The summed E-state index contributed by atoms with van der Waals surface area (Å²) in [6, 6.07) is 8.50. The first-order valence-electron chi connectivity index (χ1n) is 7.75. The van der Waals surface area contributed by atoms with E-state index < -0.39 is 0 Å². The number of aliphatic hydroxyl groups excluding tert-OH is 1. The standard InChI is InChI=1S/C18H25NO2/c1-15(2)14-19(17-7-8-17)11-13-21-18-9-5-16(6-10-18)4-3-12-20/h5-6,9-10,15,17,20H,7-8,11-14H2,1-2H3. The highest BCUT2D eigenvalue weighted by atomic mass is 16.5. The van der Waals surface area contributed by atoms with Crippen molar-refractivity contribution in [1.82, 2.24) is 4.90 Å². The number of ether oxygens (including phenoxy) is 1. The summed E-state index contributed by atoms with van der Waals surface area (Å²) in [4.78, 5) is 2.55. The van der Waals surface area contributed by atoms with Crippen molar-refractivity contribution in [2.45, 2.75) is 32.7 Å². The van der Waals surface area contributed by atoms with Gasteiger partial charge in [0.2, 0.25) is 0 Å². The van der Waals surface area contributed by atoms with Crippen LogP contribution in [0.2, 0.25) is 0 Å². The van der Waals surface area contributed by atoms with Crippen LogP contribution in [0.25, 0.3) is 0 Å². The van der Waals surface area contributed by atoms with E-state index in [1.54, 1.807) is 0 Å². The molecule has 0 aliphatic heterocycles. The predicted octanol–water partition coefficient (Wildman–Crippen LogP) is 2.53. The highest BCUT2D eigenvalue weighted by molar-refractivity contribution is 5.38. The van der Waals surface area contributed by atoms with Crippen molar-refractivity contribution < 1.29 is 9.84 Å². The zero-order valence-electron chi connectivity index (χ0n) is 13.0. The molecule has 1 N–H and O–H groups in total. The van der Waals surface area contributed by atoms with Gasteiger partial charge >= 0.3 is 0 Å². The van der Waals surface area contributed by atoms with Gasteiger partial charge in [-0.1, -0.05) is 25.7 Å². The molecular weight excluding hydrogens is 262 g/mol. The van der Waals surface area contributed by atoms with Crippen LogP contribution in [0.15, 0.2) is 24.3 Å². The molecule has 1 aliphatic carbocycles. The molecule has 3 nitrogen and oxygen atoms in total. The van der Waals surface area contributed by atoms with E-state index in [2.05, 4.69) is 30.6 Å². The fraction of sp³-hybridized carbons (Fsp3) is 0.556. The normalized spacial score (nSPS) is 14.1. The molecule has 0 atom stereocenters. The van der Waals surface area contributed by atoms with Crippen LogP contribution >= 0.6 is 0 Å². The van der Waals surface area contributed by atoms with E-state index in [1.165, 1.54) is 12.8 Å². The van der Waals surface area contributed by atoms with E-state index in [4.69, 9.17) is 9.84 Å². The SMILES string of the molecule is CC(C)CN(CCOc1ccc(C#CCO)cc1)C1CC1. The van der Waals surface area contributed by atoms with Crippen LogP contribution in [0.1, 0.15) is 32.3 Å². The third kappa shape index (κ3) is 5.79. The molecule has 114 valence electrons. The van der Waals surface area contributed by atoms with Gasteiger partial charge in [0.05, 0.1) is 0 Å². The minimum atomic E-state index is -0.106. The molecule has 2 rings (SSSR count). The molecular formula is C18H25NO2. The summed E-state index contributed by atoms with van der Waals surface area (Å²) in [6.45, 7) is 7.30. The Labute approximate surface area is 127 Å². The van der Waals surface area contributed by atoms with E-state index in [-0.39, 0.29) is 6.61 Å². The lowest BCUT2D eigenvalue weighted by Gasteiger charge is -2.23. The van der Waals surface area contributed by atoms with Crippen molar-refractivity contribution in [2.75, 3.05) is 26.3 Å².